The van der Waals surface area contributed by atoms with E-state index in [0.717, 1.165) is 41.5 Å². The number of aromatic nitrogens is 3. The van der Waals surface area contributed by atoms with Crippen molar-refractivity contribution in [1.29, 1.82) is 5.26 Å². The van der Waals surface area contributed by atoms with Crippen LogP contribution in [0.3, 0.4) is 0 Å². The van der Waals surface area contributed by atoms with Crippen molar-refractivity contribution in [3.8, 4) is 17.3 Å². The van der Waals surface area contributed by atoms with Crippen LogP contribution in [-0.2, 0) is 17.6 Å². The number of nitriles is 1. The predicted octanol–water partition coefficient (Wildman–Crippen LogP) is 5.44. The fourth-order valence-corrected chi connectivity index (χ4v) is 6.69. The van der Waals surface area contributed by atoms with E-state index in [2.05, 4.69) is 25.7 Å². The van der Waals surface area contributed by atoms with E-state index in [1.807, 2.05) is 0 Å². The number of nitrogens with one attached hydrogen (secondary N) is 1. The van der Waals surface area contributed by atoms with Crippen LogP contribution in [0.1, 0.15) is 28.8 Å². The van der Waals surface area contributed by atoms with Crippen LogP contribution >= 0.6 is 34.6 Å². The first-order chi connectivity index (χ1) is 15.6. The summed E-state index contributed by atoms with van der Waals surface area (Å²) < 4.78 is 18.5. The monoisotopic (exact) mass is 481 g/mol. The van der Waals surface area contributed by atoms with Gasteiger partial charge in [-0.05, 0) is 67.0 Å². The molecule has 32 heavy (non-hydrogen) atoms. The van der Waals surface area contributed by atoms with Crippen molar-refractivity contribution in [2.45, 2.75) is 30.7 Å². The van der Waals surface area contributed by atoms with Crippen molar-refractivity contribution in [3.05, 3.63) is 52.4 Å². The number of carbonyl (C=O) groups is 1. The van der Waals surface area contributed by atoms with Crippen LogP contribution in [0.4, 0.5) is 9.39 Å². The number of fused-ring (bicyclic) bond motifs is 2. The summed E-state index contributed by atoms with van der Waals surface area (Å²) in [5.41, 5.74) is 3.83. The van der Waals surface area contributed by atoms with Gasteiger partial charge in [0.1, 0.15) is 44.2 Å². The molecule has 3 aromatic heterocycles. The Morgan fingerprint density at radius 3 is 2.84 bits per heavy atom. The van der Waals surface area contributed by atoms with E-state index >= 15 is 0 Å². The number of hydrogen-bond acceptors (Lipinski definition) is 8. The second kappa shape index (κ2) is 8.94. The number of hydrogen-bond donors (Lipinski definition) is 1. The highest BCUT2D eigenvalue weighted by Crippen LogP contribution is 2.38. The molecule has 1 aromatic carbocycles. The van der Waals surface area contributed by atoms with Gasteiger partial charge in [-0.2, -0.15) is 9.64 Å². The van der Waals surface area contributed by atoms with Crippen molar-refractivity contribution in [2.75, 3.05) is 11.1 Å². The third-order valence-electron chi connectivity index (χ3n) is 5.22. The third-order valence-corrected chi connectivity index (χ3v) is 8.39. The second-order valence-corrected chi connectivity index (χ2v) is 10.1. The second-order valence-electron chi connectivity index (χ2n) is 7.26. The molecule has 1 aliphatic rings. The molecular formula is C22H16FN5OS3. The highest BCUT2D eigenvalue weighted by atomic mass is 32.2. The van der Waals surface area contributed by atoms with Crippen molar-refractivity contribution in [1.82, 2.24) is 14.3 Å². The molecule has 3 heterocycles. The molecule has 1 aliphatic carbocycles. The normalized spacial score (nSPS) is 13.0. The van der Waals surface area contributed by atoms with E-state index in [-0.39, 0.29) is 17.5 Å². The zero-order chi connectivity index (χ0) is 22.1. The summed E-state index contributed by atoms with van der Waals surface area (Å²) in [6, 6.07) is 8.38. The third kappa shape index (κ3) is 3.99. The maximum Gasteiger partial charge on any atom is 0.235 e. The van der Waals surface area contributed by atoms with Gasteiger partial charge in [0.05, 0.1) is 11.3 Å². The lowest BCUT2D eigenvalue weighted by molar-refractivity contribution is -0.113. The summed E-state index contributed by atoms with van der Waals surface area (Å²) in [4.78, 5) is 22.5. The maximum absolute atomic E-state index is 13.3. The molecule has 0 saturated carbocycles. The number of rotatable bonds is 5. The number of aryl methyl sites for hydroxylation is 1. The quantitative estimate of drug-likeness (QED) is 0.302. The number of thiophene rings is 1. The predicted molar refractivity (Wildman–Crippen MR) is 126 cm³/mol. The lowest BCUT2D eigenvalue weighted by atomic mass is 9.96. The van der Waals surface area contributed by atoms with Gasteiger partial charge in [0, 0.05) is 10.4 Å². The molecule has 4 aromatic rings. The molecule has 0 unspecified atom stereocenters. The molecular weight excluding hydrogens is 465 g/mol. The van der Waals surface area contributed by atoms with Crippen molar-refractivity contribution in [3.63, 3.8) is 0 Å². The number of amides is 1. The summed E-state index contributed by atoms with van der Waals surface area (Å²) in [5, 5.41) is 13.8. The topological polar surface area (TPSA) is 91.6 Å². The Balaban J connectivity index is 1.33. The number of carbonyl (C=O) groups excluding carboxylic acids is 1. The molecule has 10 heteroatoms. The summed E-state index contributed by atoms with van der Waals surface area (Å²) in [6.07, 6.45) is 5.53. The fraction of sp³-hybridized carbons (Fsp3) is 0.227. The van der Waals surface area contributed by atoms with Crippen LogP contribution < -0.4 is 5.32 Å². The molecule has 160 valence electrons. The van der Waals surface area contributed by atoms with Gasteiger partial charge in [-0.25, -0.2) is 14.4 Å². The average Bonchev–Trinajstić information content (AvgIpc) is 3.39. The van der Waals surface area contributed by atoms with Gasteiger partial charge in [0.2, 0.25) is 5.91 Å². The van der Waals surface area contributed by atoms with Gasteiger partial charge >= 0.3 is 0 Å². The van der Waals surface area contributed by atoms with E-state index in [9.17, 15) is 14.4 Å². The Labute approximate surface area is 195 Å². The lowest BCUT2D eigenvalue weighted by Gasteiger charge is -2.09. The molecule has 1 N–H and O–H groups in total. The van der Waals surface area contributed by atoms with Crippen LogP contribution in [0, 0.1) is 17.1 Å². The van der Waals surface area contributed by atoms with Gasteiger partial charge in [-0.1, -0.05) is 11.8 Å². The van der Waals surface area contributed by atoms with Gasteiger partial charge in [0.15, 0.2) is 0 Å². The first kappa shape index (κ1) is 21.0. The minimum absolute atomic E-state index is 0.156. The van der Waals surface area contributed by atoms with Crippen molar-refractivity contribution < 1.29 is 9.18 Å². The zero-order valence-corrected chi connectivity index (χ0v) is 19.2. The smallest absolute Gasteiger partial charge is 0.235 e. The highest BCUT2D eigenvalue weighted by molar-refractivity contribution is 8.00. The lowest BCUT2D eigenvalue weighted by Crippen LogP contribution is -2.14. The average molecular weight is 482 g/mol. The summed E-state index contributed by atoms with van der Waals surface area (Å²) in [5.74, 6) is -0.333. The van der Waals surface area contributed by atoms with E-state index in [1.54, 1.807) is 12.1 Å². The Morgan fingerprint density at radius 1 is 1.22 bits per heavy atom. The zero-order valence-electron chi connectivity index (χ0n) is 16.7. The molecule has 0 spiro atoms. The molecule has 0 radical (unpaired) electrons. The number of benzene rings is 1. The van der Waals surface area contributed by atoms with Crippen LogP contribution in [0.15, 0.2) is 35.6 Å². The van der Waals surface area contributed by atoms with E-state index in [4.69, 9.17) is 0 Å². The molecule has 0 aliphatic heterocycles. The minimum Gasteiger partial charge on any atom is -0.316 e. The maximum atomic E-state index is 13.3. The molecule has 1 amide bonds. The van der Waals surface area contributed by atoms with Crippen LogP contribution in [-0.4, -0.2) is 26.0 Å². The van der Waals surface area contributed by atoms with Gasteiger partial charge in [0.25, 0.3) is 0 Å². The standard InChI is InChI=1S/C22H16FN5OS3/c23-13-7-5-12(6-8-13)18-19-20(32-28-18)22(26-11-25-19)30-10-17(29)27-21-15(9-24)14-3-1-2-4-16(14)31-21/h5-8,11H,1-4,10H2,(H,27,29). The molecule has 6 nitrogen and oxygen atoms in total. The van der Waals surface area contributed by atoms with E-state index in [0.29, 0.717) is 26.8 Å². The van der Waals surface area contributed by atoms with Crippen molar-refractivity contribution >= 4 is 55.8 Å². The van der Waals surface area contributed by atoms with E-state index in [1.165, 1.54) is 58.0 Å². The van der Waals surface area contributed by atoms with Gasteiger partial charge in [-0.15, -0.1) is 11.3 Å². The number of halogens is 1. The fourth-order valence-electron chi connectivity index (χ4n) is 3.71. The summed E-state index contributed by atoms with van der Waals surface area (Å²) in [7, 11) is 0. The Kier molecular flexibility index (Phi) is 5.87. The van der Waals surface area contributed by atoms with E-state index < -0.39 is 0 Å². The largest absolute Gasteiger partial charge is 0.316 e. The van der Waals surface area contributed by atoms with Crippen molar-refractivity contribution in [2.24, 2.45) is 0 Å². The molecule has 0 atom stereocenters. The molecule has 0 fully saturated rings. The van der Waals surface area contributed by atoms with Crippen LogP contribution in [0.5, 0.6) is 0 Å². The molecule has 0 saturated heterocycles. The number of anilines is 1. The number of thioether (sulfide) groups is 1. The minimum atomic E-state index is -0.309. The van der Waals surface area contributed by atoms with Crippen LogP contribution in [0.2, 0.25) is 0 Å². The number of nitrogens with zero attached hydrogens (tertiary/aromatic N) is 4. The Hall–Kier alpha value is -2.87. The molecule has 5 rings (SSSR count). The summed E-state index contributed by atoms with van der Waals surface area (Å²) >= 11 is 4.08. The summed E-state index contributed by atoms with van der Waals surface area (Å²) in [6.45, 7) is 0. The van der Waals surface area contributed by atoms with Gasteiger partial charge in [-0.3, -0.25) is 4.79 Å². The molecule has 0 bridgehead atoms. The van der Waals surface area contributed by atoms with Gasteiger partial charge < -0.3 is 5.32 Å². The first-order valence-electron chi connectivity index (χ1n) is 9.97. The Morgan fingerprint density at radius 2 is 2.03 bits per heavy atom. The van der Waals surface area contributed by atoms with Crippen LogP contribution in [0.25, 0.3) is 21.5 Å². The SMILES string of the molecule is N#Cc1c(NC(=O)CSc2ncnc3c(-c4ccc(F)cc4)nsc23)sc2c1CCCC2. The Bertz CT molecular complexity index is 1360. The first-order valence-corrected chi connectivity index (χ1v) is 12.5. The highest BCUT2D eigenvalue weighted by Gasteiger charge is 2.22.